The number of para-hydroxylation sites is 1. The topological polar surface area (TPSA) is 56.7 Å². The third-order valence-corrected chi connectivity index (χ3v) is 12.3. The van der Waals surface area contributed by atoms with Crippen LogP contribution in [0.25, 0.3) is 106 Å². The van der Waals surface area contributed by atoms with E-state index in [1.807, 2.05) is 72.8 Å². The molecule has 0 fully saturated rings. The first kappa shape index (κ1) is 33.5. The highest BCUT2D eigenvalue weighted by atomic mass is 16.3. The SMILES string of the molecule is CC1(C)c2ccccc2-c2ccc(-n3c4ccccc4c4cc(-c5ccc6oc7cccc(-c8nc(-c9ccccc9)nc(-c9ccccc9)n8)c7c6c5)ccc43)cc21. The molecule has 0 bridgehead atoms. The van der Waals surface area contributed by atoms with Crippen LogP contribution in [0.4, 0.5) is 0 Å². The predicted molar refractivity (Wildman–Crippen MR) is 241 cm³/mol. The maximum atomic E-state index is 6.51. The molecule has 5 nitrogen and oxygen atoms in total. The second-order valence-electron chi connectivity index (χ2n) is 16.0. The maximum Gasteiger partial charge on any atom is 0.164 e. The maximum absolute atomic E-state index is 6.51. The average molecular weight is 757 g/mol. The molecule has 0 unspecified atom stereocenters. The van der Waals surface area contributed by atoms with Gasteiger partial charge in [-0.1, -0.05) is 147 Å². The van der Waals surface area contributed by atoms with Gasteiger partial charge in [-0.25, -0.2) is 15.0 Å². The summed E-state index contributed by atoms with van der Waals surface area (Å²) in [6.07, 6.45) is 0. The van der Waals surface area contributed by atoms with Crippen LogP contribution in [0.1, 0.15) is 25.0 Å². The number of rotatable bonds is 5. The van der Waals surface area contributed by atoms with Gasteiger partial charge in [0.15, 0.2) is 17.5 Å². The smallest absolute Gasteiger partial charge is 0.164 e. The van der Waals surface area contributed by atoms with Gasteiger partial charge >= 0.3 is 0 Å². The highest BCUT2D eigenvalue weighted by Gasteiger charge is 2.35. The van der Waals surface area contributed by atoms with Crippen LogP contribution < -0.4 is 0 Å². The summed E-state index contributed by atoms with van der Waals surface area (Å²) in [4.78, 5) is 15.1. The first-order chi connectivity index (χ1) is 29.0. The fraction of sp³-hybridized carbons (Fsp3) is 0.0556. The second kappa shape index (κ2) is 12.7. The molecule has 12 rings (SSSR count). The van der Waals surface area contributed by atoms with Crippen molar-refractivity contribution in [1.29, 1.82) is 0 Å². The van der Waals surface area contributed by atoms with Gasteiger partial charge in [0.25, 0.3) is 0 Å². The van der Waals surface area contributed by atoms with Gasteiger partial charge < -0.3 is 8.98 Å². The average Bonchev–Trinajstić information content (AvgIpc) is 3.91. The molecule has 0 saturated carbocycles. The van der Waals surface area contributed by atoms with E-state index >= 15 is 0 Å². The van der Waals surface area contributed by atoms with E-state index in [0.29, 0.717) is 17.5 Å². The summed E-state index contributed by atoms with van der Waals surface area (Å²) in [5, 5.41) is 4.43. The largest absolute Gasteiger partial charge is 0.456 e. The Labute approximate surface area is 340 Å². The summed E-state index contributed by atoms with van der Waals surface area (Å²) in [6.45, 7) is 4.69. The van der Waals surface area contributed by atoms with Crippen molar-refractivity contribution in [2.75, 3.05) is 0 Å². The lowest BCUT2D eigenvalue weighted by Gasteiger charge is -2.22. The number of aromatic nitrogens is 4. The molecule has 0 spiro atoms. The minimum absolute atomic E-state index is 0.0818. The van der Waals surface area contributed by atoms with E-state index in [-0.39, 0.29) is 5.41 Å². The third-order valence-electron chi connectivity index (χ3n) is 12.3. The van der Waals surface area contributed by atoms with E-state index in [1.54, 1.807) is 0 Å². The van der Waals surface area contributed by atoms with Gasteiger partial charge in [-0.05, 0) is 81.9 Å². The molecule has 1 aliphatic rings. The molecule has 1 aliphatic carbocycles. The van der Waals surface area contributed by atoms with E-state index in [2.05, 4.69) is 128 Å². The molecule has 0 saturated heterocycles. The molecule has 8 aromatic carbocycles. The number of fused-ring (bicyclic) bond motifs is 9. The van der Waals surface area contributed by atoms with Crippen LogP contribution in [0.2, 0.25) is 0 Å². The van der Waals surface area contributed by atoms with Crippen molar-refractivity contribution in [2.45, 2.75) is 19.3 Å². The summed E-state index contributed by atoms with van der Waals surface area (Å²) >= 11 is 0. The summed E-state index contributed by atoms with van der Waals surface area (Å²) in [5.41, 5.74) is 15.5. The van der Waals surface area contributed by atoms with Crippen LogP contribution in [-0.2, 0) is 5.41 Å². The van der Waals surface area contributed by atoms with Crippen molar-refractivity contribution in [2.24, 2.45) is 0 Å². The number of furan rings is 1. The Balaban J connectivity index is 1.01. The van der Waals surface area contributed by atoms with Gasteiger partial charge in [-0.15, -0.1) is 0 Å². The normalized spacial score (nSPS) is 13.1. The highest BCUT2D eigenvalue weighted by molar-refractivity contribution is 6.14. The summed E-state index contributed by atoms with van der Waals surface area (Å²) < 4.78 is 8.93. The molecule has 59 heavy (non-hydrogen) atoms. The second-order valence-corrected chi connectivity index (χ2v) is 16.0. The number of nitrogens with zero attached hydrogens (tertiary/aromatic N) is 4. The Hall–Kier alpha value is -7.63. The zero-order valence-electron chi connectivity index (χ0n) is 32.5. The molecule has 0 aliphatic heterocycles. The molecule has 0 amide bonds. The third kappa shape index (κ3) is 5.14. The Morgan fingerprint density at radius 2 is 1.02 bits per heavy atom. The molecule has 278 valence electrons. The first-order valence-electron chi connectivity index (χ1n) is 20.1. The summed E-state index contributed by atoms with van der Waals surface area (Å²) in [7, 11) is 0. The van der Waals surface area contributed by atoms with E-state index < -0.39 is 0 Å². The minimum Gasteiger partial charge on any atom is -0.456 e. The molecular weight excluding hydrogens is 721 g/mol. The molecule has 0 N–H and O–H groups in total. The summed E-state index contributed by atoms with van der Waals surface area (Å²) in [5.74, 6) is 1.85. The Morgan fingerprint density at radius 1 is 0.407 bits per heavy atom. The quantitative estimate of drug-likeness (QED) is 0.175. The Kier molecular flexibility index (Phi) is 7.20. The Bertz CT molecular complexity index is 3410. The van der Waals surface area contributed by atoms with E-state index in [1.165, 1.54) is 49.7 Å². The van der Waals surface area contributed by atoms with Crippen molar-refractivity contribution >= 4 is 43.7 Å². The lowest BCUT2D eigenvalue weighted by molar-refractivity contribution is 0.660. The van der Waals surface area contributed by atoms with Gasteiger partial charge in [0.05, 0.1) is 11.0 Å². The van der Waals surface area contributed by atoms with E-state index in [0.717, 1.165) is 49.8 Å². The summed E-state index contributed by atoms with van der Waals surface area (Å²) in [6, 6.07) is 64.3. The van der Waals surface area contributed by atoms with Crippen LogP contribution in [0, 0.1) is 0 Å². The molecule has 5 heteroatoms. The van der Waals surface area contributed by atoms with Crippen LogP contribution in [0.5, 0.6) is 0 Å². The van der Waals surface area contributed by atoms with Crippen molar-refractivity contribution in [3.63, 3.8) is 0 Å². The molecule has 3 heterocycles. The first-order valence-corrected chi connectivity index (χ1v) is 20.1. The monoisotopic (exact) mass is 756 g/mol. The number of hydrogen-bond donors (Lipinski definition) is 0. The van der Waals surface area contributed by atoms with Crippen molar-refractivity contribution < 1.29 is 4.42 Å². The van der Waals surface area contributed by atoms with Crippen LogP contribution in [-0.4, -0.2) is 19.5 Å². The predicted octanol–water partition coefficient (Wildman–Crippen LogP) is 13.8. The molecular formula is C54H36N4O. The minimum atomic E-state index is -0.0818. The van der Waals surface area contributed by atoms with Crippen LogP contribution in [0.15, 0.2) is 186 Å². The van der Waals surface area contributed by atoms with Gasteiger partial charge in [0.2, 0.25) is 0 Å². The fourth-order valence-electron chi connectivity index (χ4n) is 9.38. The molecule has 3 aromatic heterocycles. The fourth-order valence-corrected chi connectivity index (χ4v) is 9.38. The van der Waals surface area contributed by atoms with Gasteiger partial charge in [0, 0.05) is 49.3 Å². The van der Waals surface area contributed by atoms with Crippen molar-refractivity contribution in [1.82, 2.24) is 19.5 Å². The molecule has 0 atom stereocenters. The highest BCUT2D eigenvalue weighted by Crippen LogP contribution is 2.49. The van der Waals surface area contributed by atoms with Gasteiger partial charge in [-0.3, -0.25) is 0 Å². The zero-order chi connectivity index (χ0) is 39.2. The standard InChI is InChI=1S/C54H36N4O/c1-54(2)44-21-11-9-18-38(44)39-27-26-37(32-45(39)54)58-46-22-12-10-19-40(46)42-30-35(24-28-47(42)58)36-25-29-48-43(31-36)50-41(20-13-23-49(50)59-48)53-56-51(33-14-5-3-6-15-33)55-52(57-53)34-16-7-4-8-17-34/h3-32H,1-2H3. The number of hydrogen-bond acceptors (Lipinski definition) is 4. The van der Waals surface area contributed by atoms with Crippen LogP contribution in [0.3, 0.4) is 0 Å². The van der Waals surface area contributed by atoms with Gasteiger partial charge in [-0.2, -0.15) is 0 Å². The van der Waals surface area contributed by atoms with E-state index in [9.17, 15) is 0 Å². The number of benzene rings is 8. The molecule has 0 radical (unpaired) electrons. The van der Waals surface area contributed by atoms with Crippen molar-refractivity contribution in [3.05, 3.63) is 193 Å². The lowest BCUT2D eigenvalue weighted by Crippen LogP contribution is -2.15. The molecule has 11 aromatic rings. The Morgan fingerprint density at radius 3 is 1.80 bits per heavy atom. The van der Waals surface area contributed by atoms with Crippen molar-refractivity contribution in [3.8, 4) is 62.1 Å². The lowest BCUT2D eigenvalue weighted by atomic mass is 9.82. The van der Waals surface area contributed by atoms with Gasteiger partial charge in [0.1, 0.15) is 11.2 Å². The van der Waals surface area contributed by atoms with Crippen LogP contribution >= 0.6 is 0 Å². The zero-order valence-corrected chi connectivity index (χ0v) is 32.5. The van der Waals surface area contributed by atoms with E-state index in [4.69, 9.17) is 19.4 Å².